The van der Waals surface area contributed by atoms with Crippen molar-refractivity contribution in [2.75, 3.05) is 18.4 Å². The van der Waals surface area contributed by atoms with E-state index in [0.29, 0.717) is 24.7 Å². The number of ether oxygens (including phenoxy) is 1. The van der Waals surface area contributed by atoms with Crippen molar-refractivity contribution in [1.29, 1.82) is 0 Å². The molecule has 0 saturated carbocycles. The Morgan fingerprint density at radius 3 is 2.50 bits per heavy atom. The monoisotopic (exact) mass is 469 g/mol. The van der Waals surface area contributed by atoms with Crippen LogP contribution < -0.4 is 10.1 Å². The van der Waals surface area contributed by atoms with Crippen molar-refractivity contribution >= 4 is 17.9 Å². The number of anilines is 1. The highest BCUT2D eigenvalue weighted by atomic mass is 19.4. The van der Waals surface area contributed by atoms with Gasteiger partial charge in [-0.1, -0.05) is 23.8 Å². The number of hydrogen-bond donors (Lipinski definition) is 1. The van der Waals surface area contributed by atoms with Crippen LogP contribution in [0.15, 0.2) is 60.6 Å². The minimum Gasteiger partial charge on any atom is -0.439 e. The molecule has 10 heteroatoms. The summed E-state index contributed by atoms with van der Waals surface area (Å²) in [6.07, 6.45) is 2.90. The molecule has 0 spiro atoms. The Bertz CT molecular complexity index is 1170. The van der Waals surface area contributed by atoms with Crippen LogP contribution in [0, 0.1) is 6.92 Å². The van der Waals surface area contributed by atoms with Gasteiger partial charge in [-0.3, -0.25) is 10.3 Å². The summed E-state index contributed by atoms with van der Waals surface area (Å²) in [7, 11) is 0. The third-order valence-corrected chi connectivity index (χ3v) is 5.22. The van der Waals surface area contributed by atoms with Gasteiger partial charge < -0.3 is 9.64 Å². The van der Waals surface area contributed by atoms with Crippen molar-refractivity contribution < 1.29 is 22.7 Å². The minimum absolute atomic E-state index is 0.0791. The number of piperidine rings is 1. The summed E-state index contributed by atoms with van der Waals surface area (Å²) in [4.78, 5) is 26.2. The molecule has 0 radical (unpaired) electrons. The van der Waals surface area contributed by atoms with Crippen LogP contribution in [0.5, 0.6) is 11.6 Å². The van der Waals surface area contributed by atoms with Crippen LogP contribution in [0.3, 0.4) is 0 Å². The predicted molar refractivity (Wildman–Crippen MR) is 120 cm³/mol. The van der Waals surface area contributed by atoms with E-state index in [1.54, 1.807) is 29.3 Å². The number of halogens is 3. The average molecular weight is 469 g/mol. The lowest BCUT2D eigenvalue weighted by atomic mass is 10.0. The molecule has 1 N–H and O–H groups in total. The molecule has 0 atom stereocenters. The first-order chi connectivity index (χ1) is 16.3. The van der Waals surface area contributed by atoms with Gasteiger partial charge in [0.05, 0.1) is 23.7 Å². The van der Waals surface area contributed by atoms with E-state index in [0.717, 1.165) is 36.4 Å². The highest BCUT2D eigenvalue weighted by molar-refractivity contribution is 5.88. The molecule has 1 aromatic carbocycles. The van der Waals surface area contributed by atoms with Crippen LogP contribution in [0.4, 0.5) is 23.8 Å². The second kappa shape index (κ2) is 9.90. The van der Waals surface area contributed by atoms with Gasteiger partial charge in [0, 0.05) is 25.4 Å². The molecule has 1 fully saturated rings. The van der Waals surface area contributed by atoms with E-state index in [1.165, 1.54) is 17.8 Å². The van der Waals surface area contributed by atoms with Gasteiger partial charge in [0.25, 0.3) is 0 Å². The molecule has 3 aromatic rings. The van der Waals surface area contributed by atoms with Crippen molar-refractivity contribution in [2.45, 2.75) is 25.9 Å². The highest BCUT2D eigenvalue weighted by Gasteiger charge is 2.30. The van der Waals surface area contributed by atoms with Gasteiger partial charge in [-0.2, -0.15) is 13.2 Å². The summed E-state index contributed by atoms with van der Waals surface area (Å²) < 4.78 is 43.7. The van der Waals surface area contributed by atoms with Gasteiger partial charge in [-0.25, -0.2) is 14.8 Å². The molecule has 2 aromatic heterocycles. The van der Waals surface area contributed by atoms with E-state index in [2.05, 4.69) is 20.3 Å². The van der Waals surface area contributed by atoms with E-state index >= 15 is 0 Å². The zero-order chi connectivity index (χ0) is 24.1. The molecular weight excluding hydrogens is 447 g/mol. The number of likely N-dealkylation sites (tertiary alicyclic amines) is 1. The van der Waals surface area contributed by atoms with Crippen LogP contribution >= 0.6 is 0 Å². The third kappa shape index (κ3) is 6.09. The highest BCUT2D eigenvalue weighted by Crippen LogP contribution is 2.30. The number of aromatic nitrogens is 3. The van der Waals surface area contributed by atoms with Gasteiger partial charge in [0.1, 0.15) is 5.75 Å². The summed E-state index contributed by atoms with van der Waals surface area (Å²) in [5.74, 6) is 0.962. The van der Waals surface area contributed by atoms with Crippen LogP contribution in [0.2, 0.25) is 0 Å². The van der Waals surface area contributed by atoms with Gasteiger partial charge in [0.2, 0.25) is 5.88 Å². The maximum atomic E-state index is 12.7. The Morgan fingerprint density at radius 1 is 1.06 bits per heavy atom. The van der Waals surface area contributed by atoms with Crippen molar-refractivity contribution in [3.63, 3.8) is 0 Å². The van der Waals surface area contributed by atoms with E-state index < -0.39 is 11.7 Å². The molecule has 4 rings (SSSR count). The van der Waals surface area contributed by atoms with Gasteiger partial charge in [0.15, 0.2) is 5.82 Å². The molecule has 2 amide bonds. The average Bonchev–Trinajstić information content (AvgIpc) is 2.81. The molecule has 176 valence electrons. The zero-order valence-electron chi connectivity index (χ0n) is 18.3. The first-order valence-corrected chi connectivity index (χ1v) is 10.6. The Balaban J connectivity index is 1.34. The molecule has 1 saturated heterocycles. The largest absolute Gasteiger partial charge is 0.439 e. The molecule has 1 aliphatic heterocycles. The van der Waals surface area contributed by atoms with Crippen molar-refractivity contribution in [3.05, 3.63) is 77.4 Å². The molecule has 0 aliphatic carbocycles. The first-order valence-electron chi connectivity index (χ1n) is 10.6. The van der Waals surface area contributed by atoms with Gasteiger partial charge in [-0.15, -0.1) is 0 Å². The Hall–Kier alpha value is -3.95. The number of urea groups is 1. The molecule has 34 heavy (non-hydrogen) atoms. The van der Waals surface area contributed by atoms with Crippen LogP contribution in [-0.4, -0.2) is 39.0 Å². The third-order valence-electron chi connectivity index (χ3n) is 5.22. The lowest BCUT2D eigenvalue weighted by molar-refractivity contribution is -0.137. The van der Waals surface area contributed by atoms with E-state index in [1.807, 2.05) is 19.1 Å². The fourth-order valence-electron chi connectivity index (χ4n) is 3.42. The fourth-order valence-corrected chi connectivity index (χ4v) is 3.42. The number of carbonyl (C=O) groups is 1. The number of nitrogens with zero attached hydrogens (tertiary/aromatic N) is 4. The quantitative estimate of drug-likeness (QED) is 0.530. The smallest absolute Gasteiger partial charge is 0.417 e. The molecule has 1 aliphatic rings. The number of benzene rings is 1. The van der Waals surface area contributed by atoms with Crippen LogP contribution in [-0.2, 0) is 6.18 Å². The standard InChI is InChI=1S/C24H22F3N5O2/c1-16-13-29-21(15-28-16)31-23(33)32-9-7-17(8-10-32)11-18-3-2-4-20(12-18)34-22-6-5-19(14-30-22)24(25,26)27/h2-6,11-15H,7-10H2,1H3,(H,29,31,33). The van der Waals surface area contributed by atoms with Crippen molar-refractivity contribution in [1.82, 2.24) is 19.9 Å². The fraction of sp³-hybridized carbons (Fsp3) is 0.250. The van der Waals surface area contributed by atoms with E-state index in [9.17, 15) is 18.0 Å². The van der Waals surface area contributed by atoms with Crippen LogP contribution in [0.1, 0.15) is 29.7 Å². The Labute approximate surface area is 194 Å². The first kappa shape index (κ1) is 23.2. The van der Waals surface area contributed by atoms with E-state index in [4.69, 9.17) is 4.74 Å². The summed E-state index contributed by atoms with van der Waals surface area (Å²) in [6, 6.07) is 9.13. The number of pyridine rings is 1. The molecule has 7 nitrogen and oxygen atoms in total. The zero-order valence-corrected chi connectivity index (χ0v) is 18.3. The topological polar surface area (TPSA) is 80.2 Å². The molecule has 0 bridgehead atoms. The number of alkyl halides is 3. The second-order valence-electron chi connectivity index (χ2n) is 7.82. The summed E-state index contributed by atoms with van der Waals surface area (Å²) in [6.45, 7) is 2.97. The molecule has 3 heterocycles. The van der Waals surface area contributed by atoms with Gasteiger partial charge >= 0.3 is 12.2 Å². The summed E-state index contributed by atoms with van der Waals surface area (Å²) in [5.41, 5.74) is 2.03. The Kier molecular flexibility index (Phi) is 6.76. The SMILES string of the molecule is Cc1cnc(NC(=O)N2CCC(=Cc3cccc(Oc4ccc(C(F)(F)F)cn4)c3)CC2)cn1. The number of rotatable bonds is 4. The Morgan fingerprint density at radius 2 is 1.85 bits per heavy atom. The van der Waals surface area contributed by atoms with Crippen molar-refractivity contribution in [3.8, 4) is 11.6 Å². The maximum Gasteiger partial charge on any atom is 0.417 e. The summed E-state index contributed by atoms with van der Waals surface area (Å²) in [5, 5.41) is 2.75. The predicted octanol–water partition coefficient (Wildman–Crippen LogP) is 5.70. The number of amides is 2. The second-order valence-corrected chi connectivity index (χ2v) is 7.82. The minimum atomic E-state index is -4.44. The lowest BCUT2D eigenvalue weighted by Gasteiger charge is -2.28. The van der Waals surface area contributed by atoms with Crippen molar-refractivity contribution in [2.24, 2.45) is 0 Å². The number of carbonyl (C=O) groups excluding carboxylic acids is 1. The normalized spacial score (nSPS) is 14.0. The molecule has 0 unspecified atom stereocenters. The van der Waals surface area contributed by atoms with E-state index in [-0.39, 0.29) is 11.9 Å². The number of aryl methyl sites for hydroxylation is 1. The molecular formula is C24H22F3N5O2. The number of hydrogen-bond acceptors (Lipinski definition) is 5. The lowest BCUT2D eigenvalue weighted by Crippen LogP contribution is -2.39. The van der Waals surface area contributed by atoms with Gasteiger partial charge in [-0.05, 0) is 43.5 Å². The maximum absolute atomic E-state index is 12.7. The van der Waals surface area contributed by atoms with Crippen LogP contribution in [0.25, 0.3) is 6.08 Å². The number of nitrogens with one attached hydrogen (secondary N) is 1. The summed E-state index contributed by atoms with van der Waals surface area (Å²) >= 11 is 0.